The Morgan fingerprint density at radius 1 is 0.909 bits per heavy atom. The molecule has 2 heterocycles. The number of rotatable bonds is 2. The number of nitrogens with zero attached hydrogens (tertiary/aromatic N) is 1. The van der Waals surface area contributed by atoms with E-state index in [4.69, 9.17) is 11.6 Å². The molecule has 0 N–H and O–H groups in total. The van der Waals surface area contributed by atoms with Crippen molar-refractivity contribution in [2.45, 2.75) is 6.92 Å². The Bertz CT molecular complexity index is 933. The van der Waals surface area contributed by atoms with Crippen LogP contribution in [0.15, 0.2) is 66.2 Å². The molecule has 2 aromatic carbocycles. The van der Waals surface area contributed by atoms with Crippen molar-refractivity contribution < 1.29 is 0 Å². The second kappa shape index (κ2) is 5.31. The first-order chi connectivity index (χ1) is 10.7. The normalized spacial score (nSPS) is 11.2. The van der Waals surface area contributed by atoms with E-state index < -0.39 is 0 Å². The van der Waals surface area contributed by atoms with Gasteiger partial charge in [0.15, 0.2) is 0 Å². The van der Waals surface area contributed by atoms with Crippen LogP contribution in [0.2, 0.25) is 5.02 Å². The van der Waals surface area contributed by atoms with Crippen molar-refractivity contribution in [3.8, 4) is 22.3 Å². The van der Waals surface area contributed by atoms with Crippen LogP contribution in [-0.4, -0.2) is 4.40 Å². The number of hydrogen-bond donors (Lipinski definition) is 0. The van der Waals surface area contributed by atoms with Gasteiger partial charge in [-0.2, -0.15) is 0 Å². The standard InChI is InChI=1S/C19H14ClNS/c1-13-12-22-19-18(15-5-3-2-4-6-15)17(11-21(13)19)14-7-9-16(20)10-8-14/h2-12H,1H3. The van der Waals surface area contributed by atoms with E-state index >= 15 is 0 Å². The molecule has 0 fully saturated rings. The summed E-state index contributed by atoms with van der Waals surface area (Å²) in [5.41, 5.74) is 6.24. The van der Waals surface area contributed by atoms with Crippen LogP contribution in [0.1, 0.15) is 5.69 Å². The fraction of sp³-hybridized carbons (Fsp3) is 0.0526. The van der Waals surface area contributed by atoms with Gasteiger partial charge in [-0.1, -0.05) is 54.1 Å². The largest absolute Gasteiger partial charge is 0.311 e. The summed E-state index contributed by atoms with van der Waals surface area (Å²) in [6.45, 7) is 2.14. The molecule has 0 aliphatic rings. The van der Waals surface area contributed by atoms with E-state index in [1.165, 1.54) is 32.8 Å². The van der Waals surface area contributed by atoms with Gasteiger partial charge in [0.1, 0.15) is 4.83 Å². The van der Waals surface area contributed by atoms with Gasteiger partial charge in [0, 0.05) is 33.4 Å². The Morgan fingerprint density at radius 2 is 1.64 bits per heavy atom. The second-order valence-corrected chi connectivity index (χ2v) is 6.64. The van der Waals surface area contributed by atoms with Crippen LogP contribution in [0.25, 0.3) is 27.1 Å². The molecule has 2 aromatic heterocycles. The number of thiazole rings is 1. The zero-order valence-corrected chi connectivity index (χ0v) is 13.7. The minimum atomic E-state index is 0.766. The van der Waals surface area contributed by atoms with E-state index in [2.05, 4.69) is 65.4 Å². The highest BCUT2D eigenvalue weighted by Crippen LogP contribution is 2.40. The molecule has 4 rings (SSSR count). The summed E-state index contributed by atoms with van der Waals surface area (Å²) < 4.78 is 2.27. The van der Waals surface area contributed by atoms with Gasteiger partial charge in [-0.05, 0) is 30.2 Å². The molecule has 0 saturated carbocycles. The number of fused-ring (bicyclic) bond motifs is 1. The molecular formula is C19H14ClNS. The van der Waals surface area contributed by atoms with Crippen LogP contribution < -0.4 is 0 Å². The van der Waals surface area contributed by atoms with Gasteiger partial charge in [0.25, 0.3) is 0 Å². The van der Waals surface area contributed by atoms with Gasteiger partial charge < -0.3 is 4.40 Å². The minimum Gasteiger partial charge on any atom is -0.311 e. The van der Waals surface area contributed by atoms with Crippen LogP contribution in [0, 0.1) is 6.92 Å². The minimum absolute atomic E-state index is 0.766. The molecule has 4 aromatic rings. The molecule has 3 heteroatoms. The average molecular weight is 324 g/mol. The van der Waals surface area contributed by atoms with Crippen molar-refractivity contribution in [1.82, 2.24) is 4.40 Å². The predicted octanol–water partition coefficient (Wildman–Crippen LogP) is 6.30. The highest BCUT2D eigenvalue weighted by atomic mass is 35.5. The van der Waals surface area contributed by atoms with Gasteiger partial charge in [-0.15, -0.1) is 11.3 Å². The van der Waals surface area contributed by atoms with Gasteiger partial charge in [-0.25, -0.2) is 0 Å². The van der Waals surface area contributed by atoms with Crippen LogP contribution in [0.4, 0.5) is 0 Å². The smallest absolute Gasteiger partial charge is 0.108 e. The first-order valence-corrected chi connectivity index (χ1v) is 8.40. The van der Waals surface area contributed by atoms with Crippen molar-refractivity contribution in [2.24, 2.45) is 0 Å². The lowest BCUT2D eigenvalue weighted by molar-refractivity contribution is 1.14. The molecule has 0 saturated heterocycles. The summed E-state index contributed by atoms with van der Waals surface area (Å²) >= 11 is 7.83. The Balaban J connectivity index is 2.03. The van der Waals surface area contributed by atoms with E-state index in [0.29, 0.717) is 0 Å². The molecule has 1 nitrogen and oxygen atoms in total. The van der Waals surface area contributed by atoms with Crippen LogP contribution in [0.3, 0.4) is 0 Å². The quantitative estimate of drug-likeness (QED) is 0.408. The molecule has 0 radical (unpaired) electrons. The van der Waals surface area contributed by atoms with Crippen LogP contribution >= 0.6 is 22.9 Å². The molecular weight excluding hydrogens is 310 g/mol. The Morgan fingerprint density at radius 3 is 2.36 bits per heavy atom. The summed E-state index contributed by atoms with van der Waals surface area (Å²) in [6, 6.07) is 18.6. The monoisotopic (exact) mass is 323 g/mol. The molecule has 0 unspecified atom stereocenters. The van der Waals surface area contributed by atoms with Crippen molar-refractivity contribution in [3.63, 3.8) is 0 Å². The first-order valence-electron chi connectivity index (χ1n) is 7.14. The number of aromatic nitrogens is 1. The molecule has 0 aliphatic heterocycles. The van der Waals surface area contributed by atoms with Crippen LogP contribution in [0.5, 0.6) is 0 Å². The lowest BCUT2D eigenvalue weighted by atomic mass is 9.99. The summed E-state index contributed by atoms with van der Waals surface area (Å²) in [5.74, 6) is 0. The maximum Gasteiger partial charge on any atom is 0.108 e. The van der Waals surface area contributed by atoms with Crippen molar-refractivity contribution in [3.05, 3.63) is 76.9 Å². The molecule has 0 aliphatic carbocycles. The predicted molar refractivity (Wildman–Crippen MR) is 95.9 cm³/mol. The Labute approximate surface area is 138 Å². The van der Waals surface area contributed by atoms with Crippen molar-refractivity contribution in [1.29, 1.82) is 0 Å². The van der Waals surface area contributed by atoms with Crippen molar-refractivity contribution in [2.75, 3.05) is 0 Å². The topological polar surface area (TPSA) is 4.41 Å². The van der Waals surface area contributed by atoms with E-state index in [9.17, 15) is 0 Å². The Kier molecular flexibility index (Phi) is 3.29. The zero-order valence-electron chi connectivity index (χ0n) is 12.1. The van der Waals surface area contributed by atoms with E-state index in [1.807, 2.05) is 12.1 Å². The number of hydrogen-bond acceptors (Lipinski definition) is 1. The fourth-order valence-electron chi connectivity index (χ4n) is 2.80. The number of aryl methyl sites for hydroxylation is 1. The van der Waals surface area contributed by atoms with E-state index in [-0.39, 0.29) is 0 Å². The first kappa shape index (κ1) is 13.6. The maximum absolute atomic E-state index is 6.04. The summed E-state index contributed by atoms with van der Waals surface area (Å²) in [4.78, 5) is 1.29. The zero-order chi connectivity index (χ0) is 15.1. The summed E-state index contributed by atoms with van der Waals surface area (Å²) in [5, 5.41) is 2.97. The average Bonchev–Trinajstić information content (AvgIpc) is 3.09. The third kappa shape index (κ3) is 2.16. The molecule has 22 heavy (non-hydrogen) atoms. The third-order valence-corrected chi connectivity index (χ3v) is 5.23. The highest BCUT2D eigenvalue weighted by Gasteiger charge is 2.16. The molecule has 0 bridgehead atoms. The maximum atomic E-state index is 6.04. The fourth-order valence-corrected chi connectivity index (χ4v) is 3.97. The lowest BCUT2D eigenvalue weighted by Crippen LogP contribution is -1.80. The number of benzene rings is 2. The second-order valence-electron chi connectivity index (χ2n) is 5.34. The van der Waals surface area contributed by atoms with Gasteiger partial charge in [0.2, 0.25) is 0 Å². The van der Waals surface area contributed by atoms with Crippen LogP contribution in [-0.2, 0) is 0 Å². The van der Waals surface area contributed by atoms with E-state index in [1.54, 1.807) is 11.3 Å². The van der Waals surface area contributed by atoms with Gasteiger partial charge in [-0.3, -0.25) is 0 Å². The lowest BCUT2D eigenvalue weighted by Gasteiger charge is -2.05. The van der Waals surface area contributed by atoms with Crippen molar-refractivity contribution >= 4 is 27.8 Å². The number of halogens is 1. The molecule has 0 atom stereocenters. The van der Waals surface area contributed by atoms with E-state index in [0.717, 1.165) is 5.02 Å². The Hall–Kier alpha value is -2.03. The highest BCUT2D eigenvalue weighted by molar-refractivity contribution is 7.16. The SMILES string of the molecule is Cc1csc2c(-c3ccccc3)c(-c3ccc(Cl)cc3)cn12. The van der Waals surface area contributed by atoms with Gasteiger partial charge >= 0.3 is 0 Å². The molecule has 108 valence electrons. The van der Waals surface area contributed by atoms with Gasteiger partial charge in [0.05, 0.1) is 0 Å². The molecule has 0 amide bonds. The molecule has 0 spiro atoms. The summed E-state index contributed by atoms with van der Waals surface area (Å²) in [6.07, 6.45) is 2.23. The third-order valence-electron chi connectivity index (χ3n) is 3.90. The summed E-state index contributed by atoms with van der Waals surface area (Å²) in [7, 11) is 0.